The topological polar surface area (TPSA) is 131 Å². The second kappa shape index (κ2) is 6.76. The number of anilines is 1. The Balaban J connectivity index is 1.66. The van der Waals surface area contributed by atoms with E-state index in [0.29, 0.717) is 20.5 Å². The van der Waals surface area contributed by atoms with Crippen molar-refractivity contribution < 1.29 is 9.72 Å². The predicted molar refractivity (Wildman–Crippen MR) is 90.5 cm³/mol. The lowest BCUT2D eigenvalue weighted by molar-refractivity contribution is -0.384. The molecule has 0 saturated heterocycles. The number of thioether (sulfide) groups is 1. The van der Waals surface area contributed by atoms with Gasteiger partial charge in [0.2, 0.25) is 5.91 Å². The second-order valence-corrected chi connectivity index (χ2v) is 6.50. The van der Waals surface area contributed by atoms with Gasteiger partial charge in [-0.05, 0) is 6.07 Å². The lowest BCUT2D eigenvalue weighted by Gasteiger charge is -2.00. The van der Waals surface area contributed by atoms with Crippen LogP contribution in [0.4, 0.5) is 10.8 Å². The molecule has 0 spiro atoms. The van der Waals surface area contributed by atoms with Gasteiger partial charge in [-0.1, -0.05) is 23.1 Å². The zero-order valence-electron chi connectivity index (χ0n) is 11.9. The Morgan fingerprint density at radius 1 is 1.42 bits per heavy atom. The molecule has 2 heterocycles. The molecule has 9 nitrogen and oxygen atoms in total. The van der Waals surface area contributed by atoms with Crippen LogP contribution in [0.15, 0.2) is 40.4 Å². The lowest BCUT2D eigenvalue weighted by Crippen LogP contribution is -2.14. The highest BCUT2D eigenvalue weighted by Crippen LogP contribution is 2.29. The predicted octanol–water partition coefficient (Wildman–Crippen LogP) is 2.02. The van der Waals surface area contributed by atoms with Crippen LogP contribution in [-0.4, -0.2) is 31.5 Å². The number of nitro groups is 1. The fourth-order valence-corrected chi connectivity index (χ4v) is 3.36. The molecule has 0 radical (unpaired) electrons. The fourth-order valence-electron chi connectivity index (χ4n) is 1.79. The number of aromatic nitrogens is 3. The monoisotopic (exact) mass is 363 g/mol. The zero-order valence-corrected chi connectivity index (χ0v) is 13.5. The maximum Gasteiger partial charge on any atom is 0.270 e. The lowest BCUT2D eigenvalue weighted by atomic mass is 10.3. The highest BCUT2D eigenvalue weighted by atomic mass is 32.2. The molecule has 11 heteroatoms. The number of thiazole rings is 1. The van der Waals surface area contributed by atoms with E-state index < -0.39 is 4.92 Å². The molecule has 0 aliphatic heterocycles. The van der Waals surface area contributed by atoms with Crippen molar-refractivity contribution in [2.45, 2.75) is 5.16 Å². The first-order valence-corrected chi connectivity index (χ1v) is 8.34. The summed E-state index contributed by atoms with van der Waals surface area (Å²) in [7, 11) is 0. The van der Waals surface area contributed by atoms with Crippen LogP contribution >= 0.6 is 23.1 Å². The van der Waals surface area contributed by atoms with E-state index in [-0.39, 0.29) is 22.9 Å². The number of H-pyrrole nitrogens is 1. The van der Waals surface area contributed by atoms with Gasteiger partial charge in [-0.15, -0.1) is 0 Å². The quantitative estimate of drug-likeness (QED) is 0.307. The molecule has 24 heavy (non-hydrogen) atoms. The van der Waals surface area contributed by atoms with Crippen LogP contribution in [0.2, 0.25) is 0 Å². The number of aromatic amines is 1. The number of non-ortho nitro benzene ring substituents is 1. The second-order valence-electron chi connectivity index (χ2n) is 4.50. The van der Waals surface area contributed by atoms with Gasteiger partial charge in [0.1, 0.15) is 0 Å². The van der Waals surface area contributed by atoms with Gasteiger partial charge in [0.15, 0.2) is 10.3 Å². The number of hydrogen-bond donors (Lipinski definition) is 2. The minimum atomic E-state index is -0.484. The Labute approximate surface area is 142 Å². The summed E-state index contributed by atoms with van der Waals surface area (Å²) in [5, 5.41) is 14.1. The van der Waals surface area contributed by atoms with Gasteiger partial charge in [0, 0.05) is 24.4 Å². The highest BCUT2D eigenvalue weighted by Gasteiger charge is 2.12. The van der Waals surface area contributed by atoms with E-state index in [1.807, 2.05) is 0 Å². The Bertz CT molecular complexity index is 984. The summed E-state index contributed by atoms with van der Waals surface area (Å²) < 4.78 is 0.612. The number of carbonyl (C=O) groups excluding carboxylic acids is 1. The summed E-state index contributed by atoms with van der Waals surface area (Å²) in [6, 6.07) is 5.59. The molecule has 3 aromatic rings. The molecule has 0 unspecified atom stereocenters. The summed E-state index contributed by atoms with van der Waals surface area (Å²) >= 11 is 2.24. The van der Waals surface area contributed by atoms with Crippen LogP contribution in [0.25, 0.3) is 10.2 Å². The van der Waals surface area contributed by atoms with E-state index in [0.717, 1.165) is 23.1 Å². The number of hydrogen-bond acceptors (Lipinski definition) is 8. The molecule has 2 N–H and O–H groups in total. The van der Waals surface area contributed by atoms with Crippen molar-refractivity contribution in [2.24, 2.45) is 0 Å². The molecule has 0 saturated carbocycles. The number of rotatable bonds is 5. The highest BCUT2D eigenvalue weighted by molar-refractivity contribution is 7.99. The van der Waals surface area contributed by atoms with Gasteiger partial charge < -0.3 is 10.3 Å². The van der Waals surface area contributed by atoms with E-state index in [9.17, 15) is 19.7 Å². The third kappa shape index (κ3) is 3.75. The Morgan fingerprint density at radius 3 is 3.00 bits per heavy atom. The molecule has 1 aromatic carbocycles. The van der Waals surface area contributed by atoms with E-state index >= 15 is 0 Å². The van der Waals surface area contributed by atoms with E-state index in [2.05, 4.69) is 20.3 Å². The summed E-state index contributed by atoms with van der Waals surface area (Å²) in [4.78, 5) is 44.0. The first-order valence-electron chi connectivity index (χ1n) is 6.54. The van der Waals surface area contributed by atoms with E-state index in [1.165, 1.54) is 30.5 Å². The number of benzene rings is 1. The average molecular weight is 363 g/mol. The van der Waals surface area contributed by atoms with Crippen molar-refractivity contribution in [1.82, 2.24) is 15.0 Å². The molecule has 0 fully saturated rings. The number of nitrogens with zero attached hydrogens (tertiary/aromatic N) is 3. The van der Waals surface area contributed by atoms with Crippen molar-refractivity contribution in [3.05, 3.63) is 50.9 Å². The zero-order chi connectivity index (χ0) is 17.1. The van der Waals surface area contributed by atoms with Gasteiger partial charge in [-0.25, -0.2) is 9.97 Å². The Hall–Kier alpha value is -2.79. The number of carbonyl (C=O) groups is 1. The van der Waals surface area contributed by atoms with Gasteiger partial charge in [0.05, 0.1) is 20.9 Å². The molecule has 3 rings (SSSR count). The third-order valence-electron chi connectivity index (χ3n) is 2.82. The van der Waals surface area contributed by atoms with Crippen molar-refractivity contribution in [3.8, 4) is 0 Å². The summed E-state index contributed by atoms with van der Waals surface area (Å²) in [5.41, 5.74) is 0.252. The molecular formula is C13H9N5O4S2. The summed E-state index contributed by atoms with van der Waals surface area (Å²) in [6.07, 6.45) is 1.36. The molecule has 0 atom stereocenters. The van der Waals surface area contributed by atoms with Gasteiger partial charge in [-0.2, -0.15) is 0 Å². The number of fused-ring (bicyclic) bond motifs is 1. The third-order valence-corrected chi connectivity index (χ3v) is 4.64. The first-order chi connectivity index (χ1) is 11.5. The number of amides is 1. The maximum absolute atomic E-state index is 11.9. The minimum Gasteiger partial charge on any atom is -0.301 e. The number of nitrogens with one attached hydrogen (secondary N) is 2. The van der Waals surface area contributed by atoms with Gasteiger partial charge in [-0.3, -0.25) is 19.7 Å². The smallest absolute Gasteiger partial charge is 0.270 e. The molecule has 0 aliphatic rings. The average Bonchev–Trinajstić information content (AvgIpc) is 2.94. The van der Waals surface area contributed by atoms with Crippen LogP contribution in [-0.2, 0) is 4.79 Å². The molecule has 122 valence electrons. The van der Waals surface area contributed by atoms with Crippen molar-refractivity contribution in [1.29, 1.82) is 0 Å². The van der Waals surface area contributed by atoms with E-state index in [1.54, 1.807) is 0 Å². The molecule has 1 amide bonds. The molecule has 0 aliphatic carbocycles. The van der Waals surface area contributed by atoms with Crippen LogP contribution in [0, 0.1) is 10.1 Å². The first kappa shape index (κ1) is 16.1. The summed E-state index contributed by atoms with van der Waals surface area (Å²) in [5.74, 6) is -0.275. The Morgan fingerprint density at radius 2 is 2.25 bits per heavy atom. The SMILES string of the molecule is O=C(CSc1nccc(=O)[nH]1)Nc1nc2ccc([N+](=O)[O-])cc2s1. The minimum absolute atomic E-state index is 0.0290. The van der Waals surface area contributed by atoms with Crippen LogP contribution in [0.1, 0.15) is 0 Å². The molecule has 2 aromatic heterocycles. The standard InChI is InChI=1S/C13H9N5O4S2/c19-10-3-4-14-12(16-10)23-6-11(20)17-13-15-8-2-1-7(18(21)22)5-9(8)24-13/h1-5H,6H2,(H,14,16,19)(H,15,17,20). The Kier molecular flexibility index (Phi) is 4.53. The van der Waals surface area contributed by atoms with Gasteiger partial charge in [0.25, 0.3) is 11.2 Å². The molecule has 0 bridgehead atoms. The van der Waals surface area contributed by atoms with Crippen molar-refractivity contribution in [3.63, 3.8) is 0 Å². The number of nitro benzene ring substituents is 1. The van der Waals surface area contributed by atoms with Crippen LogP contribution in [0.3, 0.4) is 0 Å². The molecular weight excluding hydrogens is 354 g/mol. The van der Waals surface area contributed by atoms with Crippen LogP contribution < -0.4 is 10.9 Å². The van der Waals surface area contributed by atoms with Crippen LogP contribution in [0.5, 0.6) is 0 Å². The van der Waals surface area contributed by atoms with Gasteiger partial charge >= 0.3 is 0 Å². The van der Waals surface area contributed by atoms with Crippen molar-refractivity contribution in [2.75, 3.05) is 11.1 Å². The summed E-state index contributed by atoms with van der Waals surface area (Å²) in [6.45, 7) is 0. The largest absolute Gasteiger partial charge is 0.301 e. The maximum atomic E-state index is 11.9. The fraction of sp³-hybridized carbons (Fsp3) is 0.0769. The normalized spacial score (nSPS) is 10.7. The van der Waals surface area contributed by atoms with E-state index in [4.69, 9.17) is 0 Å². The van der Waals surface area contributed by atoms with Crippen molar-refractivity contribution >= 4 is 50.0 Å².